The van der Waals surface area contributed by atoms with Crippen LogP contribution in [-0.2, 0) is 0 Å². The summed E-state index contributed by atoms with van der Waals surface area (Å²) in [5.74, 6) is 0.986. The lowest BCUT2D eigenvalue weighted by Gasteiger charge is -2.05. The third kappa shape index (κ3) is 4.69. The van der Waals surface area contributed by atoms with Crippen LogP contribution in [0.3, 0.4) is 0 Å². The van der Waals surface area contributed by atoms with E-state index in [1.165, 1.54) is 19.3 Å². The van der Waals surface area contributed by atoms with Gasteiger partial charge in [-0.2, -0.15) is 0 Å². The van der Waals surface area contributed by atoms with Crippen molar-refractivity contribution in [3.05, 3.63) is 0 Å². The molecule has 0 unspecified atom stereocenters. The first kappa shape index (κ1) is 11.3. The van der Waals surface area contributed by atoms with Gasteiger partial charge in [0.15, 0.2) is 17.4 Å². The van der Waals surface area contributed by atoms with E-state index in [9.17, 15) is 0 Å². The Morgan fingerprint density at radius 3 is 1.12 bits per heavy atom. The number of hydrogen-bond donors (Lipinski definition) is 0. The summed E-state index contributed by atoms with van der Waals surface area (Å²) in [6.45, 7) is 6.78. The Morgan fingerprint density at radius 2 is 1.12 bits per heavy atom. The molecule has 50 valence electrons. The molecule has 8 heavy (non-hydrogen) atoms. The number of hydrogen-bond acceptors (Lipinski definition) is 0. The SMILES string of the molecule is CCC(CC)CC.[AlH3]. The van der Waals surface area contributed by atoms with E-state index in [2.05, 4.69) is 20.8 Å². The van der Waals surface area contributed by atoms with Crippen LogP contribution in [0.1, 0.15) is 40.0 Å². The van der Waals surface area contributed by atoms with Crippen molar-refractivity contribution in [1.82, 2.24) is 0 Å². The summed E-state index contributed by atoms with van der Waals surface area (Å²) in [6.07, 6.45) is 4.06. The van der Waals surface area contributed by atoms with Gasteiger partial charge < -0.3 is 0 Å². The second-order valence-corrected chi connectivity index (χ2v) is 2.09. The lowest BCUT2D eigenvalue weighted by Crippen LogP contribution is -1.91. The van der Waals surface area contributed by atoms with E-state index in [1.807, 2.05) is 0 Å². The van der Waals surface area contributed by atoms with Gasteiger partial charge in [0.1, 0.15) is 0 Å². The zero-order valence-electron chi connectivity index (χ0n) is 5.70. The number of rotatable bonds is 3. The Balaban J connectivity index is 0. The van der Waals surface area contributed by atoms with Crippen LogP contribution in [-0.4, -0.2) is 17.4 Å². The maximum atomic E-state index is 2.26. The van der Waals surface area contributed by atoms with Crippen LogP contribution in [0.2, 0.25) is 0 Å². The van der Waals surface area contributed by atoms with Gasteiger partial charge in [0.05, 0.1) is 0 Å². The van der Waals surface area contributed by atoms with Crippen molar-refractivity contribution >= 4 is 17.4 Å². The molecule has 0 rings (SSSR count). The Bertz CT molecular complexity index is 25.9. The van der Waals surface area contributed by atoms with Crippen molar-refractivity contribution in [2.24, 2.45) is 5.92 Å². The van der Waals surface area contributed by atoms with Crippen LogP contribution in [0.5, 0.6) is 0 Å². The summed E-state index contributed by atoms with van der Waals surface area (Å²) in [5.41, 5.74) is 0. The molecule has 0 saturated heterocycles. The zero-order chi connectivity index (χ0) is 5.70. The Labute approximate surface area is 63.8 Å². The molecular weight excluding hydrogens is 111 g/mol. The predicted molar refractivity (Wildman–Crippen MR) is 44.3 cm³/mol. The molecule has 0 aliphatic carbocycles. The minimum absolute atomic E-state index is 0. The van der Waals surface area contributed by atoms with E-state index in [0.29, 0.717) is 0 Å². The summed E-state index contributed by atoms with van der Waals surface area (Å²) in [6, 6.07) is 0. The molecule has 0 atom stereocenters. The van der Waals surface area contributed by atoms with Crippen LogP contribution >= 0.6 is 0 Å². The molecule has 0 fully saturated rings. The van der Waals surface area contributed by atoms with E-state index in [-0.39, 0.29) is 17.4 Å². The first-order chi connectivity index (χ1) is 3.35. The van der Waals surface area contributed by atoms with E-state index in [1.54, 1.807) is 0 Å². The van der Waals surface area contributed by atoms with Gasteiger partial charge in [-0.3, -0.25) is 0 Å². The maximum Gasteiger partial charge on any atom is 0.187 e. The molecule has 0 bridgehead atoms. The van der Waals surface area contributed by atoms with Gasteiger partial charge in [-0.1, -0.05) is 40.0 Å². The molecule has 0 heterocycles. The van der Waals surface area contributed by atoms with Crippen LogP contribution in [0.15, 0.2) is 0 Å². The largest absolute Gasteiger partial charge is 0.187 e. The maximum absolute atomic E-state index is 2.26. The minimum atomic E-state index is 0. The summed E-state index contributed by atoms with van der Waals surface area (Å²) in [4.78, 5) is 0. The van der Waals surface area contributed by atoms with Crippen molar-refractivity contribution in [3.63, 3.8) is 0 Å². The second kappa shape index (κ2) is 7.53. The monoisotopic (exact) mass is 130 g/mol. The first-order valence-corrected chi connectivity index (χ1v) is 3.35. The minimum Gasteiger partial charge on any atom is -0.0651 e. The molecule has 0 aromatic rings. The fourth-order valence-electron chi connectivity index (χ4n) is 0.866. The fourth-order valence-corrected chi connectivity index (χ4v) is 0.866. The van der Waals surface area contributed by atoms with Gasteiger partial charge in [-0.15, -0.1) is 0 Å². The lowest BCUT2D eigenvalue weighted by molar-refractivity contribution is 0.477. The van der Waals surface area contributed by atoms with Gasteiger partial charge in [0.2, 0.25) is 0 Å². The van der Waals surface area contributed by atoms with Crippen LogP contribution in [0, 0.1) is 5.92 Å². The highest BCUT2D eigenvalue weighted by Crippen LogP contribution is 2.09. The molecular formula is C7H19Al. The molecule has 0 amide bonds. The molecule has 0 saturated carbocycles. The average molecular weight is 130 g/mol. The smallest absolute Gasteiger partial charge is 0.0651 e. The zero-order valence-corrected chi connectivity index (χ0v) is 5.70. The third-order valence-corrected chi connectivity index (χ3v) is 1.73. The molecule has 0 aromatic heterocycles. The van der Waals surface area contributed by atoms with Gasteiger partial charge >= 0.3 is 0 Å². The van der Waals surface area contributed by atoms with E-state index in [0.717, 1.165) is 5.92 Å². The molecule has 0 aromatic carbocycles. The highest BCUT2D eigenvalue weighted by molar-refractivity contribution is 5.75. The van der Waals surface area contributed by atoms with E-state index < -0.39 is 0 Å². The van der Waals surface area contributed by atoms with Crippen LogP contribution in [0.4, 0.5) is 0 Å². The molecule has 0 N–H and O–H groups in total. The molecule has 0 aliphatic rings. The van der Waals surface area contributed by atoms with Gasteiger partial charge in [-0.05, 0) is 5.92 Å². The summed E-state index contributed by atoms with van der Waals surface area (Å²) in [7, 11) is 0. The topological polar surface area (TPSA) is 0 Å². The normalized spacial score (nSPS) is 9.00. The highest BCUT2D eigenvalue weighted by atomic mass is 27.0. The van der Waals surface area contributed by atoms with Crippen molar-refractivity contribution in [2.75, 3.05) is 0 Å². The van der Waals surface area contributed by atoms with Crippen molar-refractivity contribution in [2.45, 2.75) is 40.0 Å². The van der Waals surface area contributed by atoms with Gasteiger partial charge in [0.25, 0.3) is 0 Å². The molecule has 0 nitrogen and oxygen atoms in total. The van der Waals surface area contributed by atoms with Crippen molar-refractivity contribution < 1.29 is 0 Å². The Morgan fingerprint density at radius 1 is 0.875 bits per heavy atom. The predicted octanol–water partition coefficient (Wildman–Crippen LogP) is 1.65. The molecule has 0 spiro atoms. The highest BCUT2D eigenvalue weighted by Gasteiger charge is 1.95. The standard InChI is InChI=1S/C7H16.Al.3H/c1-4-7(5-2)6-3;;;;/h7H,4-6H2,1-3H3;;;;. The molecule has 0 aliphatic heterocycles. The molecule has 0 radical (unpaired) electrons. The Hall–Kier alpha value is 0.532. The third-order valence-electron chi connectivity index (χ3n) is 1.73. The summed E-state index contributed by atoms with van der Waals surface area (Å²) in [5, 5.41) is 0. The van der Waals surface area contributed by atoms with Crippen LogP contribution in [0.25, 0.3) is 0 Å². The fraction of sp³-hybridized carbons (Fsp3) is 1.00. The van der Waals surface area contributed by atoms with Gasteiger partial charge in [-0.25, -0.2) is 0 Å². The second-order valence-electron chi connectivity index (χ2n) is 2.09. The first-order valence-electron chi connectivity index (χ1n) is 3.35. The average Bonchev–Trinajstić information content (AvgIpc) is 1.72. The van der Waals surface area contributed by atoms with Crippen LogP contribution < -0.4 is 0 Å². The van der Waals surface area contributed by atoms with Crippen molar-refractivity contribution in [1.29, 1.82) is 0 Å². The molecule has 1 heteroatoms. The van der Waals surface area contributed by atoms with E-state index >= 15 is 0 Å². The van der Waals surface area contributed by atoms with Crippen molar-refractivity contribution in [3.8, 4) is 0 Å². The summed E-state index contributed by atoms with van der Waals surface area (Å²) >= 11 is 0. The lowest BCUT2D eigenvalue weighted by atomic mass is 10.0. The van der Waals surface area contributed by atoms with E-state index in [4.69, 9.17) is 0 Å². The Kier molecular flexibility index (Phi) is 10.7. The van der Waals surface area contributed by atoms with Gasteiger partial charge in [0, 0.05) is 0 Å². The summed E-state index contributed by atoms with van der Waals surface area (Å²) < 4.78 is 0. The quantitative estimate of drug-likeness (QED) is 0.509.